The molecule has 0 N–H and O–H groups in total. The lowest BCUT2D eigenvalue weighted by Crippen LogP contribution is -2.40. The average molecular weight is 244 g/mol. The van der Waals surface area contributed by atoms with E-state index in [-0.39, 0.29) is 11.2 Å². The standard InChI is InChI=1S/C14H16N2O2/c1-3-16-13(17)11(2)9-15(14(16)18)10-12-7-5-4-6-8-12/h4-9H,3,10H2,1-2H3. The quantitative estimate of drug-likeness (QED) is 0.819. The maximum Gasteiger partial charge on any atom is 0.331 e. The molecular weight excluding hydrogens is 228 g/mol. The molecule has 0 radical (unpaired) electrons. The monoisotopic (exact) mass is 244 g/mol. The molecule has 94 valence electrons. The van der Waals surface area contributed by atoms with Gasteiger partial charge in [0.05, 0.1) is 6.54 Å². The maximum absolute atomic E-state index is 12.1. The van der Waals surface area contributed by atoms with Crippen molar-refractivity contribution in [1.29, 1.82) is 0 Å². The second-order valence-electron chi connectivity index (χ2n) is 4.26. The molecule has 0 saturated heterocycles. The lowest BCUT2D eigenvalue weighted by Gasteiger charge is -2.10. The highest BCUT2D eigenvalue weighted by Crippen LogP contribution is 2.00. The number of benzene rings is 1. The Morgan fingerprint density at radius 2 is 1.78 bits per heavy atom. The Labute approximate surface area is 105 Å². The van der Waals surface area contributed by atoms with Gasteiger partial charge in [-0.1, -0.05) is 30.3 Å². The topological polar surface area (TPSA) is 44.0 Å². The summed E-state index contributed by atoms with van der Waals surface area (Å²) in [7, 11) is 0. The first-order valence-electron chi connectivity index (χ1n) is 5.98. The van der Waals surface area contributed by atoms with E-state index in [0.717, 1.165) is 5.56 Å². The highest BCUT2D eigenvalue weighted by Gasteiger charge is 2.07. The van der Waals surface area contributed by atoms with E-state index in [1.165, 1.54) is 4.57 Å². The van der Waals surface area contributed by atoms with E-state index in [4.69, 9.17) is 0 Å². The van der Waals surface area contributed by atoms with Gasteiger partial charge >= 0.3 is 5.69 Å². The van der Waals surface area contributed by atoms with Crippen LogP contribution < -0.4 is 11.2 Å². The highest BCUT2D eigenvalue weighted by atomic mass is 16.2. The van der Waals surface area contributed by atoms with Crippen LogP contribution in [0.3, 0.4) is 0 Å². The molecule has 0 unspecified atom stereocenters. The molecule has 18 heavy (non-hydrogen) atoms. The number of aryl methyl sites for hydroxylation is 1. The van der Waals surface area contributed by atoms with Crippen molar-refractivity contribution < 1.29 is 0 Å². The van der Waals surface area contributed by atoms with Crippen LogP contribution in [0, 0.1) is 6.92 Å². The molecule has 0 aliphatic rings. The summed E-state index contributed by atoms with van der Waals surface area (Å²) in [6.07, 6.45) is 1.63. The number of aromatic nitrogens is 2. The second kappa shape index (κ2) is 5.04. The predicted octanol–water partition coefficient (Wildman–Crippen LogP) is 1.39. The minimum Gasteiger partial charge on any atom is -0.296 e. The molecule has 0 atom stereocenters. The van der Waals surface area contributed by atoms with Crippen molar-refractivity contribution in [3.63, 3.8) is 0 Å². The Morgan fingerprint density at radius 1 is 1.11 bits per heavy atom. The molecule has 2 rings (SSSR count). The van der Waals surface area contributed by atoms with Crippen molar-refractivity contribution in [2.24, 2.45) is 0 Å². The first-order valence-corrected chi connectivity index (χ1v) is 5.98. The molecule has 0 saturated carbocycles. The SMILES string of the molecule is CCn1c(=O)c(C)cn(Cc2ccccc2)c1=O. The van der Waals surface area contributed by atoms with E-state index >= 15 is 0 Å². The zero-order valence-corrected chi connectivity index (χ0v) is 10.6. The molecule has 0 aliphatic carbocycles. The Kier molecular flexibility index (Phi) is 3.46. The summed E-state index contributed by atoms with van der Waals surface area (Å²) in [6, 6.07) is 9.73. The van der Waals surface area contributed by atoms with Gasteiger partial charge in [-0.05, 0) is 19.4 Å². The van der Waals surface area contributed by atoms with Crippen molar-refractivity contribution in [2.45, 2.75) is 26.9 Å². The van der Waals surface area contributed by atoms with Crippen LogP contribution >= 0.6 is 0 Å². The van der Waals surface area contributed by atoms with E-state index in [1.54, 1.807) is 24.6 Å². The summed E-state index contributed by atoms with van der Waals surface area (Å²) < 4.78 is 2.84. The molecule has 1 aromatic carbocycles. The smallest absolute Gasteiger partial charge is 0.296 e. The third-order valence-electron chi connectivity index (χ3n) is 2.92. The van der Waals surface area contributed by atoms with Crippen molar-refractivity contribution in [3.05, 3.63) is 68.5 Å². The summed E-state index contributed by atoms with van der Waals surface area (Å²) in [5.74, 6) is 0. The number of nitrogens with zero attached hydrogens (tertiary/aromatic N) is 2. The third kappa shape index (κ3) is 2.27. The van der Waals surface area contributed by atoms with Crippen molar-refractivity contribution >= 4 is 0 Å². The fourth-order valence-corrected chi connectivity index (χ4v) is 1.97. The minimum atomic E-state index is -0.253. The molecule has 1 heterocycles. The van der Waals surface area contributed by atoms with Gasteiger partial charge in [-0.3, -0.25) is 13.9 Å². The summed E-state index contributed by atoms with van der Waals surface area (Å²) in [5, 5.41) is 0. The van der Waals surface area contributed by atoms with Crippen LogP contribution in [-0.4, -0.2) is 9.13 Å². The zero-order chi connectivity index (χ0) is 13.1. The first-order chi connectivity index (χ1) is 8.63. The summed E-state index contributed by atoms with van der Waals surface area (Å²) in [4.78, 5) is 23.9. The second-order valence-corrected chi connectivity index (χ2v) is 4.26. The molecule has 4 heteroatoms. The molecule has 1 aromatic heterocycles. The lowest BCUT2D eigenvalue weighted by molar-refractivity contribution is 0.592. The van der Waals surface area contributed by atoms with E-state index in [1.807, 2.05) is 30.3 Å². The van der Waals surface area contributed by atoms with Gasteiger partial charge in [-0.2, -0.15) is 0 Å². The molecule has 0 fully saturated rings. The van der Waals surface area contributed by atoms with Gasteiger partial charge in [0.15, 0.2) is 0 Å². The van der Waals surface area contributed by atoms with E-state index < -0.39 is 0 Å². The molecule has 4 nitrogen and oxygen atoms in total. The van der Waals surface area contributed by atoms with Crippen molar-refractivity contribution in [2.75, 3.05) is 0 Å². The van der Waals surface area contributed by atoms with E-state index in [0.29, 0.717) is 18.7 Å². The van der Waals surface area contributed by atoms with Crippen LogP contribution in [0.4, 0.5) is 0 Å². The molecule has 0 spiro atoms. The predicted molar refractivity (Wildman–Crippen MR) is 70.9 cm³/mol. The maximum atomic E-state index is 12.1. The minimum absolute atomic E-state index is 0.202. The first kappa shape index (κ1) is 12.4. The largest absolute Gasteiger partial charge is 0.331 e. The van der Waals surface area contributed by atoms with Gasteiger partial charge in [0.2, 0.25) is 0 Å². The summed E-state index contributed by atoms with van der Waals surface area (Å²) in [6.45, 7) is 4.42. The van der Waals surface area contributed by atoms with Crippen LogP contribution in [-0.2, 0) is 13.1 Å². The summed E-state index contributed by atoms with van der Waals surface area (Å²) >= 11 is 0. The highest BCUT2D eigenvalue weighted by molar-refractivity contribution is 5.15. The van der Waals surface area contributed by atoms with Gasteiger partial charge in [0.1, 0.15) is 0 Å². The van der Waals surface area contributed by atoms with Gasteiger partial charge < -0.3 is 0 Å². The summed E-state index contributed by atoms with van der Waals surface area (Å²) in [5.41, 5.74) is 1.18. The fraction of sp³-hybridized carbons (Fsp3) is 0.286. The van der Waals surface area contributed by atoms with Gasteiger partial charge in [0.25, 0.3) is 5.56 Å². The fourth-order valence-electron chi connectivity index (χ4n) is 1.97. The Hall–Kier alpha value is -2.10. The Morgan fingerprint density at radius 3 is 2.39 bits per heavy atom. The van der Waals surface area contributed by atoms with Crippen LogP contribution in [0.25, 0.3) is 0 Å². The van der Waals surface area contributed by atoms with Crippen LogP contribution in [0.1, 0.15) is 18.1 Å². The van der Waals surface area contributed by atoms with Crippen molar-refractivity contribution in [3.8, 4) is 0 Å². The Bertz CT molecular complexity index is 654. The van der Waals surface area contributed by atoms with Gasteiger partial charge in [-0.15, -0.1) is 0 Å². The average Bonchev–Trinajstić information content (AvgIpc) is 2.38. The normalized spacial score (nSPS) is 10.6. The molecule has 0 amide bonds. The van der Waals surface area contributed by atoms with Crippen molar-refractivity contribution in [1.82, 2.24) is 9.13 Å². The van der Waals surface area contributed by atoms with Crippen LogP contribution in [0.15, 0.2) is 46.1 Å². The number of rotatable bonds is 3. The van der Waals surface area contributed by atoms with Gasteiger partial charge in [-0.25, -0.2) is 4.79 Å². The zero-order valence-electron chi connectivity index (χ0n) is 10.6. The van der Waals surface area contributed by atoms with Crippen LogP contribution in [0.5, 0.6) is 0 Å². The molecule has 0 bridgehead atoms. The molecular formula is C14H16N2O2. The lowest BCUT2D eigenvalue weighted by atomic mass is 10.2. The molecule has 0 aliphatic heterocycles. The van der Waals surface area contributed by atoms with Gasteiger partial charge in [0, 0.05) is 18.3 Å². The number of hydrogen-bond donors (Lipinski definition) is 0. The van der Waals surface area contributed by atoms with E-state index in [9.17, 15) is 9.59 Å². The van der Waals surface area contributed by atoms with Crippen LogP contribution in [0.2, 0.25) is 0 Å². The third-order valence-corrected chi connectivity index (χ3v) is 2.92. The number of hydrogen-bond acceptors (Lipinski definition) is 2. The van der Waals surface area contributed by atoms with E-state index in [2.05, 4.69) is 0 Å². The molecule has 2 aromatic rings. The Balaban J connectivity index is 2.50.